The van der Waals surface area contributed by atoms with Gasteiger partial charge in [0.1, 0.15) is 11.9 Å². The third kappa shape index (κ3) is 5.52. The number of halogens is 2. The highest BCUT2D eigenvalue weighted by Crippen LogP contribution is 2.28. The van der Waals surface area contributed by atoms with Crippen LogP contribution in [-0.2, 0) is 4.79 Å². The lowest BCUT2D eigenvalue weighted by atomic mass is 10.0. The Hall–Kier alpha value is -3.38. The van der Waals surface area contributed by atoms with E-state index in [-0.39, 0.29) is 11.6 Å². The summed E-state index contributed by atoms with van der Waals surface area (Å²) in [6, 6.07) is 16.8. The molecule has 2 atom stereocenters. The van der Waals surface area contributed by atoms with Crippen LogP contribution in [0.2, 0.25) is 5.02 Å². The van der Waals surface area contributed by atoms with Gasteiger partial charge in [-0.05, 0) is 73.4 Å². The Morgan fingerprint density at radius 2 is 1.73 bits per heavy atom. The smallest absolute Gasteiger partial charge is 0.326 e. The first-order valence-electron chi connectivity index (χ1n) is 10.5. The largest absolute Gasteiger partial charge is 0.480 e. The molecule has 0 aliphatic carbocycles. The minimum Gasteiger partial charge on any atom is -0.480 e. The topological polar surface area (TPSA) is 69.6 Å². The van der Waals surface area contributed by atoms with E-state index in [0.717, 1.165) is 32.3 Å². The number of hydrogen-bond donors (Lipinski definition) is 2. The van der Waals surface area contributed by atoms with Crippen LogP contribution < -0.4 is 5.32 Å². The summed E-state index contributed by atoms with van der Waals surface area (Å²) in [5.74, 6) is -2.54. The average molecular weight is 469 g/mol. The van der Waals surface area contributed by atoms with E-state index in [4.69, 9.17) is 16.7 Å². The summed E-state index contributed by atoms with van der Waals surface area (Å²) in [6.07, 6.45) is 0. The van der Waals surface area contributed by atoms with Crippen molar-refractivity contribution in [1.29, 1.82) is 0 Å². The quantitative estimate of drug-likeness (QED) is 0.435. The van der Waals surface area contributed by atoms with Crippen molar-refractivity contribution in [3.63, 3.8) is 0 Å². The van der Waals surface area contributed by atoms with Crippen molar-refractivity contribution < 1.29 is 19.1 Å². The zero-order valence-electron chi connectivity index (χ0n) is 18.9. The van der Waals surface area contributed by atoms with Gasteiger partial charge >= 0.3 is 5.97 Å². The number of rotatable bonds is 7. The molecule has 0 aliphatic rings. The highest BCUT2D eigenvalue weighted by molar-refractivity contribution is 6.31. The number of likely N-dealkylation sites (N-methyl/N-ethyl adjacent to an activating group) is 1. The second kappa shape index (κ2) is 10.0. The molecule has 0 heterocycles. The Balaban J connectivity index is 1.81. The Morgan fingerprint density at radius 3 is 2.36 bits per heavy atom. The maximum atomic E-state index is 14.8. The van der Waals surface area contributed by atoms with Crippen LogP contribution in [0.1, 0.15) is 41.4 Å². The summed E-state index contributed by atoms with van der Waals surface area (Å²) in [7, 11) is 1.34. The van der Waals surface area contributed by atoms with Crippen molar-refractivity contribution >= 4 is 29.2 Å². The van der Waals surface area contributed by atoms with Gasteiger partial charge in [0.15, 0.2) is 0 Å². The molecule has 3 aromatic rings. The predicted molar refractivity (Wildman–Crippen MR) is 129 cm³/mol. The third-order valence-electron chi connectivity index (χ3n) is 5.72. The molecule has 3 aromatic carbocycles. The van der Waals surface area contributed by atoms with Crippen molar-refractivity contribution in [2.24, 2.45) is 0 Å². The first kappa shape index (κ1) is 24.3. The number of benzene rings is 3. The van der Waals surface area contributed by atoms with Crippen LogP contribution in [0.15, 0.2) is 60.7 Å². The van der Waals surface area contributed by atoms with Crippen molar-refractivity contribution in [3.8, 4) is 11.1 Å². The number of nitrogens with zero attached hydrogens (tertiary/aromatic N) is 1. The minimum atomic E-state index is -1.16. The van der Waals surface area contributed by atoms with Crippen LogP contribution in [0.4, 0.5) is 10.1 Å². The normalized spacial score (nSPS) is 12.7. The van der Waals surface area contributed by atoms with Gasteiger partial charge in [-0.3, -0.25) is 4.79 Å². The molecule has 0 fully saturated rings. The Labute approximate surface area is 197 Å². The molecule has 3 rings (SSSR count). The van der Waals surface area contributed by atoms with Gasteiger partial charge in [0, 0.05) is 23.8 Å². The number of amides is 1. The number of anilines is 1. The number of aryl methyl sites for hydroxylation is 1. The Morgan fingerprint density at radius 1 is 1.03 bits per heavy atom. The molecule has 7 heteroatoms. The molecule has 2 N–H and O–H groups in total. The highest BCUT2D eigenvalue weighted by atomic mass is 35.5. The standard InChI is InChI=1S/C26H26ClFN2O3/c1-15-12-18(9-11-23(15)27)16(2)29-21-7-5-6-19(13-21)20-8-10-22(24(28)14-20)25(31)30(4)17(3)26(32)33/h5-14,16-17,29H,1-4H3,(H,32,33). The van der Waals surface area contributed by atoms with E-state index in [1.54, 1.807) is 6.07 Å². The summed E-state index contributed by atoms with van der Waals surface area (Å²) in [5.41, 5.74) is 4.18. The predicted octanol–water partition coefficient (Wildman–Crippen LogP) is 6.17. The number of carbonyl (C=O) groups is 2. The number of carbonyl (C=O) groups excluding carboxylic acids is 1. The van der Waals surface area contributed by atoms with E-state index < -0.39 is 23.7 Å². The van der Waals surface area contributed by atoms with Gasteiger partial charge in [-0.25, -0.2) is 9.18 Å². The van der Waals surface area contributed by atoms with Crippen LogP contribution in [-0.4, -0.2) is 35.0 Å². The van der Waals surface area contributed by atoms with E-state index in [1.807, 2.05) is 56.3 Å². The maximum Gasteiger partial charge on any atom is 0.326 e. The van der Waals surface area contributed by atoms with E-state index in [2.05, 4.69) is 5.32 Å². The van der Waals surface area contributed by atoms with Crippen LogP contribution in [0.5, 0.6) is 0 Å². The summed E-state index contributed by atoms with van der Waals surface area (Å²) >= 11 is 6.12. The van der Waals surface area contributed by atoms with Crippen LogP contribution in [0.3, 0.4) is 0 Å². The second-order valence-corrected chi connectivity index (χ2v) is 8.49. The molecule has 0 aliphatic heterocycles. The molecule has 5 nitrogen and oxygen atoms in total. The zero-order chi connectivity index (χ0) is 24.3. The van der Waals surface area contributed by atoms with Gasteiger partial charge in [0.25, 0.3) is 5.91 Å². The van der Waals surface area contributed by atoms with Crippen molar-refractivity contribution in [1.82, 2.24) is 4.90 Å². The molecule has 0 saturated heterocycles. The fraction of sp³-hybridized carbons (Fsp3) is 0.231. The molecule has 0 bridgehead atoms. The number of hydrogen-bond acceptors (Lipinski definition) is 3. The number of aliphatic carboxylic acids is 1. The molecule has 0 aromatic heterocycles. The Kier molecular flexibility index (Phi) is 7.39. The lowest BCUT2D eigenvalue weighted by Crippen LogP contribution is -2.40. The van der Waals surface area contributed by atoms with Gasteiger partial charge in [-0.2, -0.15) is 0 Å². The molecular formula is C26H26ClFN2O3. The number of carboxylic acid groups (broad SMARTS) is 1. The van der Waals surface area contributed by atoms with Crippen molar-refractivity contribution in [2.75, 3.05) is 12.4 Å². The lowest BCUT2D eigenvalue weighted by Gasteiger charge is -2.22. The van der Waals surface area contributed by atoms with Gasteiger partial charge in [0.05, 0.1) is 5.56 Å². The first-order chi connectivity index (χ1) is 15.6. The number of nitrogens with one attached hydrogen (secondary N) is 1. The zero-order valence-corrected chi connectivity index (χ0v) is 19.7. The summed E-state index contributed by atoms with van der Waals surface area (Å²) in [5, 5.41) is 13.3. The second-order valence-electron chi connectivity index (χ2n) is 8.08. The summed E-state index contributed by atoms with van der Waals surface area (Å²) in [6.45, 7) is 5.38. The highest BCUT2D eigenvalue weighted by Gasteiger charge is 2.25. The van der Waals surface area contributed by atoms with Gasteiger partial charge in [-0.15, -0.1) is 0 Å². The van der Waals surface area contributed by atoms with Crippen LogP contribution in [0, 0.1) is 12.7 Å². The molecule has 0 spiro atoms. The molecule has 0 radical (unpaired) electrons. The average Bonchev–Trinajstić information content (AvgIpc) is 2.79. The van der Waals surface area contributed by atoms with E-state index in [1.165, 1.54) is 26.1 Å². The van der Waals surface area contributed by atoms with Gasteiger partial charge in [-0.1, -0.05) is 41.9 Å². The summed E-state index contributed by atoms with van der Waals surface area (Å²) < 4.78 is 14.8. The fourth-order valence-electron chi connectivity index (χ4n) is 3.46. The van der Waals surface area contributed by atoms with Gasteiger partial charge in [0.2, 0.25) is 0 Å². The molecule has 33 heavy (non-hydrogen) atoms. The van der Waals surface area contributed by atoms with Gasteiger partial charge < -0.3 is 15.3 Å². The monoisotopic (exact) mass is 468 g/mol. The summed E-state index contributed by atoms with van der Waals surface area (Å²) in [4.78, 5) is 24.7. The fourth-order valence-corrected chi connectivity index (χ4v) is 3.58. The molecule has 2 unspecified atom stereocenters. The Bertz CT molecular complexity index is 1200. The van der Waals surface area contributed by atoms with Crippen LogP contribution >= 0.6 is 11.6 Å². The number of carboxylic acids is 1. The minimum absolute atomic E-state index is 0.0275. The SMILES string of the molecule is Cc1cc(C(C)Nc2cccc(-c3ccc(C(=O)N(C)C(C)C(=O)O)c(F)c3)c2)ccc1Cl. The lowest BCUT2D eigenvalue weighted by molar-refractivity contribution is -0.141. The van der Waals surface area contributed by atoms with Crippen molar-refractivity contribution in [2.45, 2.75) is 32.9 Å². The van der Waals surface area contributed by atoms with E-state index >= 15 is 0 Å². The van der Waals surface area contributed by atoms with E-state index in [0.29, 0.717) is 5.56 Å². The molecule has 1 amide bonds. The van der Waals surface area contributed by atoms with E-state index in [9.17, 15) is 14.0 Å². The first-order valence-corrected chi connectivity index (χ1v) is 10.9. The molecule has 0 saturated carbocycles. The third-order valence-corrected chi connectivity index (χ3v) is 6.14. The van der Waals surface area contributed by atoms with Crippen molar-refractivity contribution in [3.05, 3.63) is 88.2 Å². The van der Waals surface area contributed by atoms with Crippen LogP contribution in [0.25, 0.3) is 11.1 Å². The molecule has 172 valence electrons. The maximum absolute atomic E-state index is 14.8. The molecular weight excluding hydrogens is 443 g/mol.